The molecule has 1 aromatic carbocycles. The number of carbonyl (C=O) groups excluding carboxylic acids is 1. The van der Waals surface area contributed by atoms with E-state index in [9.17, 15) is 22.4 Å². The number of benzene rings is 1. The molecule has 0 spiro atoms. The number of aromatic nitrogens is 2. The largest absolute Gasteiger partial charge is 0.380 e. The van der Waals surface area contributed by atoms with Gasteiger partial charge in [-0.25, -0.2) is 22.5 Å². The van der Waals surface area contributed by atoms with E-state index in [1.54, 1.807) is 0 Å². The van der Waals surface area contributed by atoms with E-state index in [1.165, 1.54) is 6.20 Å². The minimum absolute atomic E-state index is 0.120. The van der Waals surface area contributed by atoms with Gasteiger partial charge in [0, 0.05) is 36.7 Å². The average molecular weight is 397 g/mol. The number of carbonyl (C=O) groups is 1. The van der Waals surface area contributed by atoms with Crippen molar-refractivity contribution < 1.29 is 22.4 Å². The van der Waals surface area contributed by atoms with E-state index < -0.39 is 41.3 Å². The van der Waals surface area contributed by atoms with Gasteiger partial charge < -0.3 is 27.1 Å². The topological polar surface area (TPSA) is 129 Å². The Kier molecular flexibility index (Phi) is 6.84. The molecule has 0 aliphatic heterocycles. The second kappa shape index (κ2) is 9.30. The maximum atomic E-state index is 13.9. The van der Waals surface area contributed by atoms with Gasteiger partial charge in [0.2, 0.25) is 11.9 Å². The molecule has 0 unspecified atom stereocenters. The van der Waals surface area contributed by atoms with Crippen LogP contribution >= 0.6 is 0 Å². The Bertz CT molecular complexity index is 897. The zero-order valence-electron chi connectivity index (χ0n) is 14.2. The first-order chi connectivity index (χ1) is 13.3. The van der Waals surface area contributed by atoms with E-state index in [-0.39, 0.29) is 24.0 Å². The fourth-order valence-corrected chi connectivity index (χ4v) is 1.97. The van der Waals surface area contributed by atoms with Gasteiger partial charge in [-0.3, -0.25) is 4.79 Å². The number of hydrogen-bond acceptors (Lipinski definition) is 7. The summed E-state index contributed by atoms with van der Waals surface area (Å²) in [7, 11) is 0. The molecule has 1 aromatic heterocycles. The molecule has 0 saturated heterocycles. The standard InChI is InChI=1S/C16H15F4N7O/c17-8-1-11(18)10(12(19)2-8)5-24-15-13(20)6-25-16(27-15)26-9(3-21)4-23-7-14(22)28/h1-4,6,21,23H,5,7H2,(H2,22,28)(H2,24,25,26,27)/b9-4+,21-3?. The van der Waals surface area contributed by atoms with Crippen molar-refractivity contribution in [2.45, 2.75) is 6.54 Å². The summed E-state index contributed by atoms with van der Waals surface area (Å²) >= 11 is 0. The zero-order valence-corrected chi connectivity index (χ0v) is 14.2. The van der Waals surface area contributed by atoms with E-state index in [0.29, 0.717) is 12.1 Å². The fourth-order valence-electron chi connectivity index (χ4n) is 1.97. The molecule has 0 aliphatic rings. The van der Waals surface area contributed by atoms with Crippen molar-refractivity contribution in [1.82, 2.24) is 15.3 Å². The SMILES string of the molecule is N=C/C(=C\NCC(N)=O)Nc1ncc(F)c(NCc2c(F)cc(F)cc2F)n1. The van der Waals surface area contributed by atoms with E-state index in [1.807, 2.05) is 0 Å². The average Bonchev–Trinajstić information content (AvgIpc) is 2.62. The maximum Gasteiger partial charge on any atom is 0.236 e. The van der Waals surface area contributed by atoms with Crippen LogP contribution in [0.25, 0.3) is 0 Å². The third-order valence-electron chi connectivity index (χ3n) is 3.23. The molecule has 1 amide bonds. The normalized spacial score (nSPS) is 11.1. The van der Waals surface area contributed by atoms with Gasteiger partial charge in [-0.15, -0.1) is 0 Å². The predicted octanol–water partition coefficient (Wildman–Crippen LogP) is 1.62. The monoisotopic (exact) mass is 397 g/mol. The summed E-state index contributed by atoms with van der Waals surface area (Å²) in [5, 5.41) is 14.8. The molecule has 12 heteroatoms. The maximum absolute atomic E-state index is 13.9. The molecule has 6 N–H and O–H groups in total. The Morgan fingerprint density at radius 1 is 1.18 bits per heavy atom. The number of anilines is 2. The molecular weight excluding hydrogens is 382 g/mol. The van der Waals surface area contributed by atoms with E-state index in [4.69, 9.17) is 11.1 Å². The fraction of sp³-hybridized carbons (Fsp3) is 0.125. The van der Waals surface area contributed by atoms with Crippen molar-refractivity contribution in [2.75, 3.05) is 17.2 Å². The van der Waals surface area contributed by atoms with Crippen molar-refractivity contribution in [1.29, 1.82) is 5.41 Å². The second-order valence-corrected chi connectivity index (χ2v) is 5.31. The van der Waals surface area contributed by atoms with Gasteiger partial charge in [-0.1, -0.05) is 0 Å². The lowest BCUT2D eigenvalue weighted by Crippen LogP contribution is -2.25. The summed E-state index contributed by atoms with van der Waals surface area (Å²) < 4.78 is 54.1. The molecule has 0 fully saturated rings. The summed E-state index contributed by atoms with van der Waals surface area (Å²) in [4.78, 5) is 18.1. The number of nitrogens with one attached hydrogen (secondary N) is 4. The molecule has 0 atom stereocenters. The van der Waals surface area contributed by atoms with E-state index in [2.05, 4.69) is 25.9 Å². The first kappa shape index (κ1) is 20.6. The number of rotatable bonds is 9. The Morgan fingerprint density at radius 3 is 2.46 bits per heavy atom. The van der Waals surface area contributed by atoms with Crippen LogP contribution in [0.15, 0.2) is 30.2 Å². The number of amides is 1. The molecular formula is C16H15F4N7O. The first-order valence-electron chi connectivity index (χ1n) is 7.69. The highest BCUT2D eigenvalue weighted by molar-refractivity contribution is 5.80. The summed E-state index contributed by atoms with van der Waals surface area (Å²) in [5.41, 5.74) is 4.59. The number of primary amides is 1. The van der Waals surface area contributed by atoms with Crippen LogP contribution in [-0.2, 0) is 11.3 Å². The van der Waals surface area contributed by atoms with Gasteiger partial charge >= 0.3 is 0 Å². The van der Waals surface area contributed by atoms with Crippen LogP contribution in [0, 0.1) is 28.7 Å². The van der Waals surface area contributed by atoms with Crippen molar-refractivity contribution in [3.63, 3.8) is 0 Å². The van der Waals surface area contributed by atoms with Crippen molar-refractivity contribution in [3.05, 3.63) is 59.1 Å². The Morgan fingerprint density at radius 2 is 1.86 bits per heavy atom. The van der Waals surface area contributed by atoms with Crippen LogP contribution in [0.3, 0.4) is 0 Å². The van der Waals surface area contributed by atoms with Crippen LogP contribution in [0.5, 0.6) is 0 Å². The predicted molar refractivity (Wildman–Crippen MR) is 93.3 cm³/mol. The van der Waals surface area contributed by atoms with Gasteiger partial charge in [0.25, 0.3) is 0 Å². The summed E-state index contributed by atoms with van der Waals surface area (Å²) in [6, 6.07) is 1.01. The van der Waals surface area contributed by atoms with Gasteiger partial charge in [-0.05, 0) is 0 Å². The molecule has 0 aliphatic carbocycles. The Balaban J connectivity index is 2.12. The van der Waals surface area contributed by atoms with Gasteiger partial charge in [0.05, 0.1) is 18.4 Å². The third kappa shape index (κ3) is 5.65. The number of hydrogen-bond donors (Lipinski definition) is 5. The molecule has 2 rings (SSSR count). The van der Waals surface area contributed by atoms with Crippen LogP contribution in [0.2, 0.25) is 0 Å². The molecule has 1 heterocycles. The molecule has 8 nitrogen and oxygen atoms in total. The van der Waals surface area contributed by atoms with Gasteiger partial charge in [0.15, 0.2) is 11.6 Å². The van der Waals surface area contributed by atoms with Gasteiger partial charge in [0.1, 0.15) is 17.5 Å². The molecule has 0 radical (unpaired) electrons. The highest BCUT2D eigenvalue weighted by Gasteiger charge is 2.13. The minimum atomic E-state index is -1.13. The molecule has 148 valence electrons. The minimum Gasteiger partial charge on any atom is -0.380 e. The second-order valence-electron chi connectivity index (χ2n) is 5.31. The molecule has 28 heavy (non-hydrogen) atoms. The van der Waals surface area contributed by atoms with Gasteiger partial charge in [-0.2, -0.15) is 4.98 Å². The third-order valence-corrected chi connectivity index (χ3v) is 3.23. The first-order valence-corrected chi connectivity index (χ1v) is 7.69. The van der Waals surface area contributed by atoms with E-state index >= 15 is 0 Å². The lowest BCUT2D eigenvalue weighted by atomic mass is 10.2. The Labute approximate surface area is 156 Å². The summed E-state index contributed by atoms with van der Waals surface area (Å²) in [5.74, 6) is -5.38. The smallest absolute Gasteiger partial charge is 0.236 e. The number of nitrogens with zero attached hydrogens (tertiary/aromatic N) is 2. The molecule has 0 bridgehead atoms. The zero-order chi connectivity index (χ0) is 20.7. The highest BCUT2D eigenvalue weighted by atomic mass is 19.1. The van der Waals surface area contributed by atoms with Crippen LogP contribution in [-0.4, -0.2) is 28.6 Å². The Hall–Kier alpha value is -3.70. The van der Waals surface area contributed by atoms with Crippen LogP contribution < -0.4 is 21.7 Å². The summed E-state index contributed by atoms with van der Waals surface area (Å²) in [6.07, 6.45) is 2.92. The number of halogens is 4. The van der Waals surface area contributed by atoms with E-state index in [0.717, 1.165) is 12.4 Å². The number of nitrogens with two attached hydrogens (primary N) is 1. The molecule has 2 aromatic rings. The van der Waals surface area contributed by atoms with Crippen LogP contribution in [0.4, 0.5) is 29.3 Å². The lowest BCUT2D eigenvalue weighted by molar-refractivity contribution is -0.117. The van der Waals surface area contributed by atoms with Crippen molar-refractivity contribution in [3.8, 4) is 0 Å². The summed E-state index contributed by atoms with van der Waals surface area (Å²) in [6.45, 7) is -0.677. The number of allylic oxidation sites excluding steroid dienone is 1. The van der Waals surface area contributed by atoms with Crippen molar-refractivity contribution >= 4 is 23.9 Å². The lowest BCUT2D eigenvalue weighted by Gasteiger charge is -2.11. The van der Waals surface area contributed by atoms with Crippen LogP contribution in [0.1, 0.15) is 5.56 Å². The highest BCUT2D eigenvalue weighted by Crippen LogP contribution is 2.18. The van der Waals surface area contributed by atoms with Crippen molar-refractivity contribution in [2.24, 2.45) is 5.73 Å². The molecule has 0 saturated carbocycles. The quantitative estimate of drug-likeness (QED) is 0.323.